The van der Waals surface area contributed by atoms with E-state index in [9.17, 15) is 9.59 Å². The highest BCUT2D eigenvalue weighted by Crippen LogP contribution is 2.38. The number of carbonyl (C=O) groups is 2. The zero-order valence-corrected chi connectivity index (χ0v) is 22.6. The number of hydrazone groups is 1. The molecule has 2 aromatic carbocycles. The third-order valence-electron chi connectivity index (χ3n) is 5.44. The molecule has 3 rings (SSSR count). The number of nitrogens with one attached hydrogen (secondary N) is 3. The lowest BCUT2D eigenvalue weighted by atomic mass is 9.95. The molecule has 0 saturated carbocycles. The maximum absolute atomic E-state index is 12.7. The van der Waals surface area contributed by atoms with Crippen LogP contribution in [-0.2, 0) is 14.3 Å². The first kappa shape index (κ1) is 28.3. The number of benzene rings is 2. The minimum absolute atomic E-state index is 0.224. The normalized spacial score (nSPS) is 14.9. The summed E-state index contributed by atoms with van der Waals surface area (Å²) in [5.74, 6) is 0.784. The van der Waals surface area contributed by atoms with E-state index in [1.54, 1.807) is 50.2 Å². The molecule has 0 aliphatic carbocycles. The molecule has 202 valence electrons. The van der Waals surface area contributed by atoms with Crippen molar-refractivity contribution in [3.63, 3.8) is 0 Å². The van der Waals surface area contributed by atoms with E-state index in [4.69, 9.17) is 35.9 Å². The van der Waals surface area contributed by atoms with Crippen LogP contribution in [0.15, 0.2) is 52.8 Å². The van der Waals surface area contributed by atoms with Crippen LogP contribution >= 0.6 is 12.2 Å². The summed E-state index contributed by atoms with van der Waals surface area (Å²) in [6.07, 6.45) is 1.44. The first-order chi connectivity index (χ1) is 18.3. The van der Waals surface area contributed by atoms with Crippen LogP contribution in [0.3, 0.4) is 0 Å². The van der Waals surface area contributed by atoms with Crippen LogP contribution in [0.5, 0.6) is 23.0 Å². The number of rotatable bonds is 11. The predicted octanol–water partition coefficient (Wildman–Crippen LogP) is 2.60. The van der Waals surface area contributed by atoms with Crippen LogP contribution < -0.4 is 35.0 Å². The third kappa shape index (κ3) is 6.71. The van der Waals surface area contributed by atoms with Gasteiger partial charge < -0.3 is 34.3 Å². The molecule has 0 unspecified atom stereocenters. The second-order valence-electron chi connectivity index (χ2n) is 7.87. The van der Waals surface area contributed by atoms with E-state index in [0.29, 0.717) is 50.5 Å². The van der Waals surface area contributed by atoms with Crippen LogP contribution in [0.2, 0.25) is 0 Å². The lowest BCUT2D eigenvalue weighted by Crippen LogP contribution is -2.45. The number of allylic oxidation sites excluding steroid dienone is 1. The Morgan fingerprint density at radius 2 is 1.76 bits per heavy atom. The van der Waals surface area contributed by atoms with E-state index in [0.717, 1.165) is 0 Å². The smallest absolute Gasteiger partial charge is 0.338 e. The van der Waals surface area contributed by atoms with Gasteiger partial charge in [0.15, 0.2) is 23.2 Å². The van der Waals surface area contributed by atoms with E-state index in [-0.39, 0.29) is 13.2 Å². The fourth-order valence-corrected chi connectivity index (χ4v) is 4.06. The molecule has 0 aromatic heterocycles. The van der Waals surface area contributed by atoms with E-state index < -0.39 is 17.9 Å². The van der Waals surface area contributed by atoms with E-state index in [1.165, 1.54) is 27.5 Å². The Morgan fingerprint density at radius 1 is 1.08 bits per heavy atom. The number of esters is 1. The number of ether oxygens (including phenoxy) is 5. The van der Waals surface area contributed by atoms with Crippen molar-refractivity contribution >= 4 is 35.4 Å². The van der Waals surface area contributed by atoms with Gasteiger partial charge in [0, 0.05) is 16.8 Å². The van der Waals surface area contributed by atoms with Crippen molar-refractivity contribution in [2.24, 2.45) is 5.10 Å². The number of methoxy groups -OCH3 is 3. The van der Waals surface area contributed by atoms with Gasteiger partial charge >= 0.3 is 5.97 Å². The predicted molar refractivity (Wildman–Crippen MR) is 145 cm³/mol. The van der Waals surface area contributed by atoms with Crippen molar-refractivity contribution in [2.75, 3.05) is 34.5 Å². The van der Waals surface area contributed by atoms with E-state index >= 15 is 0 Å². The lowest BCUT2D eigenvalue weighted by molar-refractivity contribution is -0.139. The summed E-state index contributed by atoms with van der Waals surface area (Å²) >= 11 is 5.30. The van der Waals surface area contributed by atoms with Gasteiger partial charge in [0.2, 0.25) is 5.75 Å². The van der Waals surface area contributed by atoms with Crippen LogP contribution in [0.1, 0.15) is 31.0 Å². The number of nitrogens with zero attached hydrogens (tertiary/aromatic N) is 1. The minimum atomic E-state index is -0.625. The fraction of sp³-hybridized carbons (Fsp3) is 0.308. The number of carbonyl (C=O) groups excluding carboxylic acids is 2. The largest absolute Gasteiger partial charge is 0.493 e. The molecule has 12 heteroatoms. The molecule has 1 heterocycles. The molecule has 38 heavy (non-hydrogen) atoms. The summed E-state index contributed by atoms with van der Waals surface area (Å²) in [5.41, 5.74) is 4.61. The number of amides is 1. The van der Waals surface area contributed by atoms with Gasteiger partial charge in [-0.1, -0.05) is 18.2 Å². The Labute approximate surface area is 226 Å². The molecule has 1 aliphatic heterocycles. The summed E-state index contributed by atoms with van der Waals surface area (Å²) in [7, 11) is 4.53. The second kappa shape index (κ2) is 13.3. The monoisotopic (exact) mass is 542 g/mol. The van der Waals surface area contributed by atoms with Gasteiger partial charge in [-0.05, 0) is 44.3 Å². The first-order valence-electron chi connectivity index (χ1n) is 11.6. The summed E-state index contributed by atoms with van der Waals surface area (Å²) in [6, 6.07) is 9.81. The van der Waals surface area contributed by atoms with Gasteiger partial charge in [-0.25, -0.2) is 10.2 Å². The Kier molecular flexibility index (Phi) is 9.88. The third-order valence-corrected chi connectivity index (χ3v) is 5.66. The Hall–Kier alpha value is -4.32. The molecule has 2 aromatic rings. The van der Waals surface area contributed by atoms with Crippen LogP contribution in [0.4, 0.5) is 0 Å². The van der Waals surface area contributed by atoms with Gasteiger partial charge in [-0.15, -0.1) is 0 Å². The Bertz CT molecular complexity index is 1240. The zero-order chi connectivity index (χ0) is 27.7. The highest BCUT2D eigenvalue weighted by atomic mass is 32.1. The van der Waals surface area contributed by atoms with E-state index in [2.05, 4.69) is 21.2 Å². The quantitative estimate of drug-likeness (QED) is 0.169. The number of thiocarbonyl (C=S) groups is 1. The van der Waals surface area contributed by atoms with E-state index in [1.807, 2.05) is 0 Å². The maximum atomic E-state index is 12.7. The number of hydrogen-bond donors (Lipinski definition) is 3. The standard InChI is InChI=1S/C26H30N4O7S/c1-6-36-25(32)22-15(2)28-26(38)29-23(22)17-9-7-8-10-18(17)37-14-21(31)30-27-13-16-11-19(33-3)24(35-5)20(12-16)34-4/h7-13,23H,6,14H2,1-5H3,(H,30,31)(H2,28,29,38)/t23-/m0/s1. The van der Waals surface area contributed by atoms with Crippen molar-refractivity contribution < 1.29 is 33.3 Å². The highest BCUT2D eigenvalue weighted by Gasteiger charge is 2.32. The Morgan fingerprint density at radius 3 is 2.39 bits per heavy atom. The molecule has 0 fully saturated rings. The minimum Gasteiger partial charge on any atom is -0.493 e. The summed E-state index contributed by atoms with van der Waals surface area (Å²) in [5, 5.41) is 10.4. The van der Waals surface area contributed by atoms with Crippen molar-refractivity contribution in [3.8, 4) is 23.0 Å². The van der Waals surface area contributed by atoms with Crippen LogP contribution in [0.25, 0.3) is 0 Å². The fourth-order valence-electron chi connectivity index (χ4n) is 3.79. The molecule has 0 spiro atoms. The lowest BCUT2D eigenvalue weighted by Gasteiger charge is -2.30. The second-order valence-corrected chi connectivity index (χ2v) is 8.28. The molecule has 1 atom stereocenters. The molecular weight excluding hydrogens is 512 g/mol. The SMILES string of the molecule is CCOC(=O)C1=C(C)NC(=S)N[C@H]1c1ccccc1OCC(=O)NN=Cc1cc(OC)c(OC)c(OC)c1. The summed E-state index contributed by atoms with van der Waals surface area (Å²) < 4.78 is 27.0. The van der Waals surface area contributed by atoms with Crippen molar-refractivity contribution in [1.82, 2.24) is 16.1 Å². The average Bonchev–Trinajstić information content (AvgIpc) is 2.91. The van der Waals surface area contributed by atoms with Gasteiger partial charge in [0.25, 0.3) is 5.91 Å². The molecule has 1 amide bonds. The molecule has 0 bridgehead atoms. The summed E-state index contributed by atoms with van der Waals surface area (Å²) in [6.45, 7) is 3.38. The average molecular weight is 543 g/mol. The molecular formula is C26H30N4O7S. The highest BCUT2D eigenvalue weighted by molar-refractivity contribution is 7.80. The molecule has 0 saturated heterocycles. The zero-order valence-electron chi connectivity index (χ0n) is 21.7. The molecule has 11 nitrogen and oxygen atoms in total. The van der Waals surface area contributed by atoms with Gasteiger partial charge in [0.05, 0.1) is 45.8 Å². The number of hydrogen-bond acceptors (Lipinski definition) is 9. The molecule has 1 aliphatic rings. The van der Waals surface area contributed by atoms with Crippen molar-refractivity contribution in [3.05, 3.63) is 58.8 Å². The topological polar surface area (TPSA) is 129 Å². The van der Waals surface area contributed by atoms with Gasteiger partial charge in [-0.3, -0.25) is 4.79 Å². The molecule has 0 radical (unpaired) electrons. The van der Waals surface area contributed by atoms with Gasteiger partial charge in [0.1, 0.15) is 5.75 Å². The summed E-state index contributed by atoms with van der Waals surface area (Å²) in [4.78, 5) is 25.1. The number of para-hydroxylation sites is 1. The van der Waals surface area contributed by atoms with Crippen molar-refractivity contribution in [2.45, 2.75) is 19.9 Å². The molecule has 3 N–H and O–H groups in total. The Balaban J connectivity index is 1.72. The maximum Gasteiger partial charge on any atom is 0.338 e. The van der Waals surface area contributed by atoms with Crippen molar-refractivity contribution in [1.29, 1.82) is 0 Å². The van der Waals surface area contributed by atoms with Crippen LogP contribution in [-0.4, -0.2) is 57.7 Å². The van der Waals surface area contributed by atoms with Gasteiger partial charge in [-0.2, -0.15) is 5.10 Å². The first-order valence-corrected chi connectivity index (χ1v) is 12.0. The van der Waals surface area contributed by atoms with Crippen LogP contribution in [0, 0.1) is 0 Å².